The van der Waals surface area contributed by atoms with Crippen molar-refractivity contribution in [1.82, 2.24) is 19.6 Å². The minimum atomic E-state index is -3.84. The second-order valence-corrected chi connectivity index (χ2v) is 8.00. The number of aromatic amines is 1. The summed E-state index contributed by atoms with van der Waals surface area (Å²) in [5.41, 5.74) is 3.51. The van der Waals surface area contributed by atoms with E-state index in [0.717, 1.165) is 16.9 Å². The Balaban J connectivity index is 1.77. The van der Waals surface area contributed by atoms with Crippen LogP contribution in [0.2, 0.25) is 0 Å². The van der Waals surface area contributed by atoms with Gasteiger partial charge >= 0.3 is 0 Å². The van der Waals surface area contributed by atoms with Gasteiger partial charge in [0, 0.05) is 18.0 Å². The molecule has 2 N–H and O–H groups in total. The van der Waals surface area contributed by atoms with Gasteiger partial charge in [0.25, 0.3) is 10.0 Å². The number of hydrogen-bond acceptors (Lipinski definition) is 5. The Morgan fingerprint density at radius 2 is 2.00 bits per heavy atom. The van der Waals surface area contributed by atoms with Gasteiger partial charge in [0.05, 0.1) is 29.9 Å². The number of pyridine rings is 1. The number of hydrogen-bond donors (Lipinski definition) is 2. The first-order valence-electron chi connectivity index (χ1n) is 8.55. The summed E-state index contributed by atoms with van der Waals surface area (Å²) in [4.78, 5) is 4.72. The second kappa shape index (κ2) is 6.68. The number of anilines is 1. The van der Waals surface area contributed by atoms with Crippen LogP contribution >= 0.6 is 0 Å². The Kier molecular flexibility index (Phi) is 4.31. The van der Waals surface area contributed by atoms with Crippen LogP contribution in [0.3, 0.4) is 0 Å². The Morgan fingerprint density at radius 1 is 1.18 bits per heavy atom. The average molecular weight is 397 g/mol. The summed E-state index contributed by atoms with van der Waals surface area (Å²) in [6, 6.07) is 11.0. The van der Waals surface area contributed by atoms with Gasteiger partial charge in [-0.15, -0.1) is 0 Å². The molecule has 1 aromatic carbocycles. The molecule has 0 aliphatic rings. The lowest BCUT2D eigenvalue weighted by molar-refractivity contribution is 0.417. The summed E-state index contributed by atoms with van der Waals surface area (Å²) in [6.07, 6.45) is 3.79. The third-order valence-corrected chi connectivity index (χ3v) is 6.06. The molecule has 144 valence electrons. The predicted molar refractivity (Wildman–Crippen MR) is 106 cm³/mol. The standard InChI is InChI=1S/C19H19N5O3S/c1-12-19(13(2)22-21-12)28(25,26)23-15-10-14(7-8-17(15)27-3)16-11-24-9-5-4-6-18(24)20-16/h4-11,23H,1-3H3,(H,21,22). The summed E-state index contributed by atoms with van der Waals surface area (Å²) in [6.45, 7) is 3.31. The Bertz CT molecular complexity index is 1220. The van der Waals surface area contributed by atoms with Gasteiger partial charge in [0.2, 0.25) is 0 Å². The third kappa shape index (κ3) is 3.09. The molecule has 0 radical (unpaired) electrons. The zero-order valence-corrected chi connectivity index (χ0v) is 16.4. The van der Waals surface area contributed by atoms with Crippen molar-refractivity contribution in [3.63, 3.8) is 0 Å². The van der Waals surface area contributed by atoms with E-state index in [-0.39, 0.29) is 4.90 Å². The number of aromatic nitrogens is 4. The van der Waals surface area contributed by atoms with Crippen molar-refractivity contribution in [2.75, 3.05) is 11.8 Å². The summed E-state index contributed by atoms with van der Waals surface area (Å²) < 4.78 is 35.7. The molecular formula is C19H19N5O3S. The third-order valence-electron chi connectivity index (χ3n) is 4.43. The van der Waals surface area contributed by atoms with E-state index >= 15 is 0 Å². The van der Waals surface area contributed by atoms with Crippen LogP contribution in [0.15, 0.2) is 53.7 Å². The molecule has 8 nitrogen and oxygen atoms in total. The summed E-state index contributed by atoms with van der Waals surface area (Å²) in [7, 11) is -2.34. The molecule has 4 aromatic rings. The molecule has 0 unspecified atom stereocenters. The summed E-state index contributed by atoms with van der Waals surface area (Å²) in [5, 5.41) is 6.66. The van der Waals surface area contributed by atoms with Crippen molar-refractivity contribution >= 4 is 21.4 Å². The molecule has 0 amide bonds. The number of rotatable bonds is 5. The van der Waals surface area contributed by atoms with Gasteiger partial charge in [-0.1, -0.05) is 6.07 Å². The maximum Gasteiger partial charge on any atom is 0.265 e. The van der Waals surface area contributed by atoms with E-state index in [1.165, 1.54) is 7.11 Å². The molecular weight excluding hydrogens is 378 g/mol. The van der Waals surface area contributed by atoms with Gasteiger partial charge in [-0.25, -0.2) is 13.4 Å². The second-order valence-electron chi connectivity index (χ2n) is 6.38. The normalized spacial score (nSPS) is 11.7. The largest absolute Gasteiger partial charge is 0.495 e. The zero-order chi connectivity index (χ0) is 19.9. The Morgan fingerprint density at radius 3 is 2.68 bits per heavy atom. The van der Waals surface area contributed by atoms with E-state index in [4.69, 9.17) is 4.74 Å². The fourth-order valence-electron chi connectivity index (χ4n) is 3.15. The molecule has 0 aliphatic carbocycles. The van der Waals surface area contributed by atoms with Crippen molar-refractivity contribution in [2.24, 2.45) is 0 Å². The lowest BCUT2D eigenvalue weighted by Gasteiger charge is -2.13. The lowest BCUT2D eigenvalue weighted by atomic mass is 10.1. The van der Waals surface area contributed by atoms with Crippen LogP contribution in [-0.4, -0.2) is 35.1 Å². The van der Waals surface area contributed by atoms with E-state index in [1.54, 1.807) is 26.0 Å². The maximum absolute atomic E-state index is 12.9. The van der Waals surface area contributed by atoms with Gasteiger partial charge in [-0.2, -0.15) is 5.10 Å². The van der Waals surface area contributed by atoms with Crippen LogP contribution in [-0.2, 0) is 10.0 Å². The number of methoxy groups -OCH3 is 1. The van der Waals surface area contributed by atoms with Gasteiger partial charge in [-0.3, -0.25) is 9.82 Å². The Hall–Kier alpha value is -3.33. The van der Waals surface area contributed by atoms with Crippen molar-refractivity contribution in [3.05, 3.63) is 60.2 Å². The molecule has 0 bridgehead atoms. The van der Waals surface area contributed by atoms with E-state index in [1.807, 2.05) is 41.1 Å². The minimum absolute atomic E-state index is 0.132. The zero-order valence-electron chi connectivity index (χ0n) is 15.6. The first-order chi connectivity index (χ1) is 13.4. The minimum Gasteiger partial charge on any atom is -0.495 e. The van der Waals surface area contributed by atoms with Crippen molar-refractivity contribution < 1.29 is 13.2 Å². The fraction of sp³-hybridized carbons (Fsp3) is 0.158. The molecule has 0 aliphatic heterocycles. The molecule has 0 spiro atoms. The smallest absolute Gasteiger partial charge is 0.265 e. The molecule has 0 saturated carbocycles. The number of fused-ring (bicyclic) bond motifs is 1. The molecule has 0 atom stereocenters. The van der Waals surface area contributed by atoms with Crippen molar-refractivity contribution in [1.29, 1.82) is 0 Å². The van der Waals surface area contributed by atoms with Crippen LogP contribution in [0.4, 0.5) is 5.69 Å². The number of nitrogens with zero attached hydrogens (tertiary/aromatic N) is 3. The Labute approximate surface area is 162 Å². The number of nitrogens with one attached hydrogen (secondary N) is 2. The number of benzene rings is 1. The first-order valence-corrected chi connectivity index (χ1v) is 10.0. The monoisotopic (exact) mass is 397 g/mol. The van der Waals surface area contributed by atoms with Crippen LogP contribution in [0.1, 0.15) is 11.4 Å². The van der Waals surface area contributed by atoms with E-state index in [9.17, 15) is 8.42 Å². The molecule has 3 aromatic heterocycles. The topological polar surface area (TPSA) is 101 Å². The number of imidazole rings is 1. The lowest BCUT2D eigenvalue weighted by Crippen LogP contribution is -2.15. The number of H-pyrrole nitrogens is 1. The average Bonchev–Trinajstić information content (AvgIpc) is 3.24. The van der Waals surface area contributed by atoms with E-state index in [0.29, 0.717) is 22.8 Å². The molecule has 0 fully saturated rings. The van der Waals surface area contributed by atoms with Crippen molar-refractivity contribution in [2.45, 2.75) is 18.7 Å². The molecule has 28 heavy (non-hydrogen) atoms. The van der Waals surface area contributed by atoms with Crippen LogP contribution in [0, 0.1) is 13.8 Å². The first kappa shape index (κ1) is 18.1. The van der Waals surface area contributed by atoms with Crippen LogP contribution < -0.4 is 9.46 Å². The van der Waals surface area contributed by atoms with E-state index in [2.05, 4.69) is 19.9 Å². The highest BCUT2D eigenvalue weighted by Gasteiger charge is 2.24. The maximum atomic E-state index is 12.9. The quantitative estimate of drug-likeness (QED) is 0.539. The fourth-order valence-corrected chi connectivity index (χ4v) is 4.59. The van der Waals surface area contributed by atoms with Gasteiger partial charge in [-0.05, 0) is 44.2 Å². The van der Waals surface area contributed by atoms with Crippen LogP contribution in [0.25, 0.3) is 16.9 Å². The highest BCUT2D eigenvalue weighted by atomic mass is 32.2. The highest BCUT2D eigenvalue weighted by molar-refractivity contribution is 7.92. The SMILES string of the molecule is COc1ccc(-c2cn3ccccc3n2)cc1NS(=O)(=O)c1c(C)n[nH]c1C. The molecule has 9 heteroatoms. The summed E-state index contributed by atoms with van der Waals surface area (Å²) in [5.74, 6) is 0.412. The molecule has 0 saturated heterocycles. The van der Waals surface area contributed by atoms with Gasteiger partial charge in [0.1, 0.15) is 16.3 Å². The highest BCUT2D eigenvalue weighted by Crippen LogP contribution is 2.32. The van der Waals surface area contributed by atoms with Crippen molar-refractivity contribution in [3.8, 4) is 17.0 Å². The molecule has 3 heterocycles. The number of ether oxygens (including phenoxy) is 1. The van der Waals surface area contributed by atoms with Gasteiger partial charge in [0.15, 0.2) is 0 Å². The van der Waals surface area contributed by atoms with E-state index < -0.39 is 10.0 Å². The predicted octanol–water partition coefficient (Wildman–Crippen LogP) is 3.15. The number of aryl methyl sites for hydroxylation is 2. The summed E-state index contributed by atoms with van der Waals surface area (Å²) >= 11 is 0. The molecule has 4 rings (SSSR count). The van der Waals surface area contributed by atoms with Crippen LogP contribution in [0.5, 0.6) is 5.75 Å². The van der Waals surface area contributed by atoms with Gasteiger partial charge < -0.3 is 9.14 Å². The number of sulfonamides is 1.